The number of alkyl carbamates (subject to hydrolysis) is 2. The van der Waals surface area contributed by atoms with Crippen LogP contribution in [0.1, 0.15) is 54.9 Å². The fourth-order valence-corrected chi connectivity index (χ4v) is 9.52. The Morgan fingerprint density at radius 2 is 1.28 bits per heavy atom. The molecule has 336 valence electrons. The first-order valence-corrected chi connectivity index (χ1v) is 22.3. The molecule has 4 aromatic rings. The molecule has 0 aromatic heterocycles. The van der Waals surface area contributed by atoms with Gasteiger partial charge in [-0.05, 0) is 85.5 Å². The maximum Gasteiger partial charge on any atom is 0.407 e. The molecule has 4 heterocycles. The van der Waals surface area contributed by atoms with Crippen molar-refractivity contribution in [2.24, 2.45) is 0 Å². The first-order valence-electron chi connectivity index (χ1n) is 21.6. The van der Waals surface area contributed by atoms with Gasteiger partial charge in [-0.25, -0.2) is 9.59 Å². The summed E-state index contributed by atoms with van der Waals surface area (Å²) in [5.74, 6) is 2.54. The van der Waals surface area contributed by atoms with E-state index < -0.39 is 12.2 Å². The maximum atomic E-state index is 12.2. The fourth-order valence-electron chi connectivity index (χ4n) is 9.18. The fraction of sp³-hybridized carbons (Fsp3) is 0.353. The molecule has 0 aliphatic carbocycles. The number of benzene rings is 4. The summed E-state index contributed by atoms with van der Waals surface area (Å²) in [5, 5.41) is 17.9. The number of rotatable bonds is 12. The number of ketones is 1. The Kier molecular flexibility index (Phi) is 16.6. The number of Topliss-reactive ketones (excluding diaryl/α,β-unsaturated/α-hetero) is 1. The van der Waals surface area contributed by atoms with Crippen molar-refractivity contribution in [1.29, 1.82) is 0 Å². The van der Waals surface area contributed by atoms with Gasteiger partial charge in [-0.15, -0.1) is 12.3 Å². The third-order valence-corrected chi connectivity index (χ3v) is 12.8. The lowest BCUT2D eigenvalue weighted by atomic mass is 9.67. The van der Waals surface area contributed by atoms with Gasteiger partial charge in [0, 0.05) is 84.4 Å². The van der Waals surface area contributed by atoms with Crippen LogP contribution in [0.5, 0.6) is 0 Å². The summed E-state index contributed by atoms with van der Waals surface area (Å²) in [7, 11) is 2.10. The number of ether oxygens (including phenoxy) is 2. The lowest BCUT2D eigenvalue weighted by Crippen LogP contribution is -2.54. The molecule has 4 aliphatic rings. The second kappa shape index (κ2) is 22.2. The van der Waals surface area contributed by atoms with E-state index in [2.05, 4.69) is 57.6 Å². The van der Waals surface area contributed by atoms with E-state index in [1.54, 1.807) is 0 Å². The van der Waals surface area contributed by atoms with Crippen LogP contribution >= 0.6 is 23.2 Å². The highest BCUT2D eigenvalue weighted by molar-refractivity contribution is 6.31. The molecule has 64 heavy (non-hydrogen) atoms. The molecule has 2 amide bonds. The standard InChI is InChI=1S/C23H26ClN3O2.C22H24ClN3O2.C6H8O/c1-16-13-27(2)14-21-23(16,19-12-18(24)8-9-20(19)26-21)10-11-25-22(28)29-15-17-6-4-3-5-7-17;1-15-12-24-13-20-22(15,18-11-17(23)7-8-19(18)26-20)9-10-25-21(27)28-14-16-5-3-2-4-6-16;1-3-4-5-6(2)7/h3-9,12,21,26H,1,10-11,13-15H2,2H3,(H,25,28);2-8,11,20,24,26H,1,9-10,12-14H2,(H,25,27);1H,4-5H2,2H3/t21-,23-;20-,22-;/m00./s1. The number of halogens is 2. The molecule has 11 nitrogen and oxygen atoms in total. The molecular formula is C51H58Cl2N6O5. The zero-order valence-electron chi connectivity index (χ0n) is 36.6. The maximum absolute atomic E-state index is 12.2. The minimum Gasteiger partial charge on any atom is -0.445 e. The number of carbonyl (C=O) groups excluding carboxylic acids is 3. The molecule has 2 fully saturated rings. The average Bonchev–Trinajstić information content (AvgIpc) is 3.78. The number of fused-ring (bicyclic) bond motifs is 6. The molecule has 4 atom stereocenters. The number of nitrogens with one attached hydrogen (secondary N) is 5. The normalized spacial score (nSPS) is 21.2. The predicted molar refractivity (Wildman–Crippen MR) is 257 cm³/mol. The van der Waals surface area contributed by atoms with Crippen LogP contribution in [0.15, 0.2) is 121 Å². The van der Waals surface area contributed by atoms with Crippen LogP contribution in [0.4, 0.5) is 21.0 Å². The number of hydrogen-bond acceptors (Lipinski definition) is 9. The van der Waals surface area contributed by atoms with Gasteiger partial charge in [0.1, 0.15) is 19.0 Å². The van der Waals surface area contributed by atoms with Crippen molar-refractivity contribution in [2.75, 3.05) is 56.9 Å². The van der Waals surface area contributed by atoms with Gasteiger partial charge in [-0.3, -0.25) is 4.79 Å². The molecule has 8 rings (SSSR count). The number of nitrogens with zero attached hydrogens (tertiary/aromatic N) is 1. The van der Waals surface area contributed by atoms with Crippen LogP contribution in [0.2, 0.25) is 10.0 Å². The lowest BCUT2D eigenvalue weighted by molar-refractivity contribution is -0.116. The van der Waals surface area contributed by atoms with Crippen molar-refractivity contribution < 1.29 is 23.9 Å². The van der Waals surface area contributed by atoms with E-state index in [-0.39, 0.29) is 41.9 Å². The Hall–Kier alpha value is -5.77. The summed E-state index contributed by atoms with van der Waals surface area (Å²) >= 11 is 12.6. The summed E-state index contributed by atoms with van der Waals surface area (Å²) in [6.07, 6.45) is 6.64. The molecule has 0 saturated carbocycles. The highest BCUT2D eigenvalue weighted by Crippen LogP contribution is 2.51. The Morgan fingerprint density at radius 1 is 0.781 bits per heavy atom. The molecule has 4 aliphatic heterocycles. The van der Waals surface area contributed by atoms with Crippen molar-refractivity contribution in [3.63, 3.8) is 0 Å². The number of likely N-dealkylation sites (N-methyl/N-ethyl adjacent to an activating group) is 1. The Labute approximate surface area is 387 Å². The number of amides is 2. The zero-order chi connectivity index (χ0) is 45.7. The van der Waals surface area contributed by atoms with Crippen LogP contribution in [-0.2, 0) is 38.3 Å². The van der Waals surface area contributed by atoms with Gasteiger partial charge in [-0.1, -0.05) is 108 Å². The summed E-state index contributed by atoms with van der Waals surface area (Å²) in [5.41, 5.74) is 8.20. The molecule has 0 unspecified atom stereocenters. The third-order valence-electron chi connectivity index (χ3n) is 12.3. The first kappa shape index (κ1) is 47.7. The summed E-state index contributed by atoms with van der Waals surface area (Å²) in [4.78, 5) is 36.7. The van der Waals surface area contributed by atoms with Crippen LogP contribution < -0.4 is 26.6 Å². The van der Waals surface area contributed by atoms with Crippen molar-refractivity contribution in [2.45, 2.75) is 68.7 Å². The van der Waals surface area contributed by atoms with E-state index in [1.165, 1.54) is 12.5 Å². The van der Waals surface area contributed by atoms with Crippen molar-refractivity contribution >= 4 is 52.5 Å². The summed E-state index contributed by atoms with van der Waals surface area (Å²) < 4.78 is 10.7. The number of likely N-dealkylation sites (tertiary alicyclic amines) is 1. The third kappa shape index (κ3) is 11.5. The van der Waals surface area contributed by atoms with Crippen LogP contribution in [0.25, 0.3) is 0 Å². The van der Waals surface area contributed by atoms with Gasteiger partial charge in [0.2, 0.25) is 0 Å². The van der Waals surface area contributed by atoms with Gasteiger partial charge in [0.05, 0.1) is 12.1 Å². The Bertz CT molecular complexity index is 2340. The first-order chi connectivity index (χ1) is 30.8. The van der Waals surface area contributed by atoms with E-state index in [4.69, 9.17) is 39.1 Å². The summed E-state index contributed by atoms with van der Waals surface area (Å²) in [6.45, 7) is 15.1. The minimum atomic E-state index is -0.409. The van der Waals surface area contributed by atoms with Crippen molar-refractivity contribution in [3.8, 4) is 12.3 Å². The van der Waals surface area contributed by atoms with E-state index in [1.807, 2.05) is 97.1 Å². The molecular weight excluding hydrogens is 848 g/mol. The van der Waals surface area contributed by atoms with Gasteiger partial charge in [0.25, 0.3) is 0 Å². The van der Waals surface area contributed by atoms with Gasteiger partial charge in [-0.2, -0.15) is 0 Å². The molecule has 2 saturated heterocycles. The zero-order valence-corrected chi connectivity index (χ0v) is 38.1. The minimum absolute atomic E-state index is 0.165. The quantitative estimate of drug-likeness (QED) is 0.0698. The van der Waals surface area contributed by atoms with Gasteiger partial charge < -0.3 is 41.0 Å². The highest BCUT2D eigenvalue weighted by Gasteiger charge is 2.52. The number of anilines is 2. The predicted octanol–water partition coefficient (Wildman–Crippen LogP) is 9.03. The molecule has 4 aromatic carbocycles. The van der Waals surface area contributed by atoms with Crippen LogP contribution in [-0.4, -0.2) is 81.3 Å². The number of terminal acetylenes is 1. The monoisotopic (exact) mass is 904 g/mol. The van der Waals surface area contributed by atoms with Gasteiger partial charge >= 0.3 is 12.2 Å². The second-order valence-electron chi connectivity index (χ2n) is 16.6. The van der Waals surface area contributed by atoms with E-state index >= 15 is 0 Å². The van der Waals surface area contributed by atoms with Crippen LogP contribution in [0, 0.1) is 12.3 Å². The second-order valence-corrected chi connectivity index (χ2v) is 17.5. The smallest absolute Gasteiger partial charge is 0.407 e. The number of hydrogen-bond donors (Lipinski definition) is 5. The van der Waals surface area contributed by atoms with E-state index in [0.717, 1.165) is 78.2 Å². The van der Waals surface area contributed by atoms with Crippen LogP contribution in [0.3, 0.4) is 0 Å². The van der Waals surface area contributed by atoms with Gasteiger partial charge in [0.15, 0.2) is 0 Å². The highest BCUT2D eigenvalue weighted by atomic mass is 35.5. The van der Waals surface area contributed by atoms with E-state index in [9.17, 15) is 14.4 Å². The van der Waals surface area contributed by atoms with E-state index in [0.29, 0.717) is 36.0 Å². The number of carbonyl (C=O) groups is 3. The largest absolute Gasteiger partial charge is 0.445 e. The Morgan fingerprint density at radius 3 is 1.77 bits per heavy atom. The molecule has 0 bridgehead atoms. The topological polar surface area (TPSA) is 133 Å². The molecule has 0 radical (unpaired) electrons. The molecule has 0 spiro atoms. The number of piperidine rings is 2. The molecule has 13 heteroatoms. The summed E-state index contributed by atoms with van der Waals surface area (Å²) in [6, 6.07) is 31.6. The van der Waals surface area contributed by atoms with Crippen molar-refractivity contribution in [3.05, 3.63) is 154 Å². The Balaban J connectivity index is 0.000000185. The SMILES string of the molecule is C#CCCC(C)=O.C=C1CN(C)C[C@@H]2Nc3ccc(Cl)cc3[C@]12CCNC(=O)OCc1ccccc1.C=C1CNC[C@@H]2Nc3ccc(Cl)cc3[C@]12CCNC(=O)OCc1ccccc1. The van der Waals surface area contributed by atoms with Crippen molar-refractivity contribution in [1.82, 2.24) is 20.9 Å². The average molecular weight is 906 g/mol. The molecule has 5 N–H and O–H groups in total. The lowest BCUT2D eigenvalue weighted by Gasteiger charge is -2.45.